The van der Waals surface area contributed by atoms with Crippen molar-refractivity contribution in [2.45, 2.75) is 29.8 Å². The fraction of sp³-hybridized carbons (Fsp3) is 0.261. The Labute approximate surface area is 204 Å². The smallest absolute Gasteiger partial charge is 0.263 e. The second kappa shape index (κ2) is 8.42. The summed E-state index contributed by atoms with van der Waals surface area (Å²) in [5.41, 5.74) is 11.0. The fourth-order valence-corrected chi connectivity index (χ4v) is 5.25. The van der Waals surface area contributed by atoms with Crippen molar-refractivity contribution in [1.82, 2.24) is 19.5 Å². The van der Waals surface area contributed by atoms with Gasteiger partial charge in [0.15, 0.2) is 15.7 Å². The lowest BCUT2D eigenvalue weighted by atomic mass is 10.1. The Kier molecular flexibility index (Phi) is 5.48. The van der Waals surface area contributed by atoms with Crippen LogP contribution < -0.4 is 22.3 Å². The van der Waals surface area contributed by atoms with E-state index in [-0.39, 0.29) is 50.7 Å². The first kappa shape index (κ1) is 23.4. The lowest BCUT2D eigenvalue weighted by Crippen LogP contribution is -2.33. The highest BCUT2D eigenvalue weighted by molar-refractivity contribution is 7.91. The zero-order chi connectivity index (χ0) is 25.8. The average molecular weight is 509 g/mol. The molecule has 0 amide bonds. The molecule has 11 nitrogen and oxygen atoms in total. The molecule has 0 saturated heterocycles. The Morgan fingerprint density at radius 2 is 2.00 bits per heavy atom. The number of anilines is 3. The summed E-state index contributed by atoms with van der Waals surface area (Å²) >= 11 is 0. The molecule has 0 bridgehead atoms. The second-order valence-corrected chi connectivity index (χ2v) is 10.7. The van der Waals surface area contributed by atoms with Gasteiger partial charge >= 0.3 is 0 Å². The van der Waals surface area contributed by atoms with Crippen LogP contribution >= 0.6 is 0 Å². The summed E-state index contributed by atoms with van der Waals surface area (Å²) in [5, 5.41) is 12.6. The molecule has 5 rings (SSSR count). The number of nitrogens with one attached hydrogen (secondary N) is 1. The molecule has 2 aromatic heterocycles. The number of nitrogen functional groups attached to an aromatic ring is 2. The predicted molar refractivity (Wildman–Crippen MR) is 131 cm³/mol. The van der Waals surface area contributed by atoms with Gasteiger partial charge in [-0.1, -0.05) is 18.2 Å². The Morgan fingerprint density at radius 1 is 1.25 bits per heavy atom. The quantitative estimate of drug-likeness (QED) is 0.446. The molecule has 2 heterocycles. The summed E-state index contributed by atoms with van der Waals surface area (Å²) in [6, 6.07) is 4.49. The molecule has 2 aliphatic rings. The van der Waals surface area contributed by atoms with Gasteiger partial charge in [0, 0.05) is 6.26 Å². The first-order chi connectivity index (χ1) is 17.1. The number of hydrogen-bond donors (Lipinski definition) is 3. The maximum atomic E-state index is 14.9. The number of rotatable bonds is 6. The summed E-state index contributed by atoms with van der Waals surface area (Å²) in [6.07, 6.45) is 6.73. The molecule has 2 unspecified atom stereocenters. The van der Waals surface area contributed by atoms with Gasteiger partial charge in [0.25, 0.3) is 5.56 Å². The summed E-state index contributed by atoms with van der Waals surface area (Å²) in [4.78, 5) is 26.3. The number of allylic oxidation sites excluding steroid dienone is 4. The first-order valence-corrected chi connectivity index (χ1v) is 12.9. The highest BCUT2D eigenvalue weighted by Crippen LogP contribution is 2.44. The number of nitrogens with two attached hydrogens (primary N) is 2. The van der Waals surface area contributed by atoms with Crippen molar-refractivity contribution >= 4 is 38.3 Å². The van der Waals surface area contributed by atoms with Gasteiger partial charge in [0.1, 0.15) is 35.1 Å². The van der Waals surface area contributed by atoms with Crippen molar-refractivity contribution in [3.63, 3.8) is 0 Å². The van der Waals surface area contributed by atoms with E-state index in [1.165, 1.54) is 36.4 Å². The molecule has 1 saturated carbocycles. The van der Waals surface area contributed by atoms with Crippen molar-refractivity contribution < 1.29 is 12.8 Å². The summed E-state index contributed by atoms with van der Waals surface area (Å²) in [5.74, 6) is -0.669. The molecule has 0 aliphatic heterocycles. The molecule has 0 spiro atoms. The minimum Gasteiger partial charge on any atom is -0.382 e. The van der Waals surface area contributed by atoms with Gasteiger partial charge in [-0.25, -0.2) is 17.8 Å². The molecular formula is C23H21FN8O3S. The maximum absolute atomic E-state index is 14.9. The third kappa shape index (κ3) is 3.95. The number of benzene rings is 1. The highest BCUT2D eigenvalue weighted by Gasteiger charge is 2.38. The second-order valence-electron chi connectivity index (χ2n) is 8.71. The molecule has 5 N–H and O–H groups in total. The van der Waals surface area contributed by atoms with Crippen LogP contribution in [0.5, 0.6) is 0 Å². The van der Waals surface area contributed by atoms with Crippen LogP contribution in [0.2, 0.25) is 0 Å². The van der Waals surface area contributed by atoms with E-state index >= 15 is 0 Å². The van der Waals surface area contributed by atoms with Crippen molar-refractivity contribution in [2.24, 2.45) is 5.92 Å². The lowest BCUT2D eigenvalue weighted by Gasteiger charge is -2.26. The maximum Gasteiger partial charge on any atom is 0.263 e. The van der Waals surface area contributed by atoms with Crippen LogP contribution in [0.3, 0.4) is 0 Å². The minimum absolute atomic E-state index is 0.0277. The number of halogens is 1. The summed E-state index contributed by atoms with van der Waals surface area (Å²) in [7, 11) is -3.79. The third-order valence-corrected chi connectivity index (χ3v) is 7.30. The Morgan fingerprint density at radius 3 is 2.61 bits per heavy atom. The standard InChI is InChI=1S/C23H21FN8O3S/c1-36(34,35)16-7-3-5-14-17(16)22(33)32(15-6-2-4-13(15)24)21(28-14)18(11-8-9-11)29-20-12(10-25)19(26)30-23(27)31-20/h2-7,11,15,18H,8-9H2,1H3,(H5,26,27,29,30,31). The Bertz CT molecular complexity index is 1690. The molecule has 2 aliphatic carbocycles. The predicted octanol–water partition coefficient (Wildman–Crippen LogP) is 2.15. The number of hydrogen-bond acceptors (Lipinski definition) is 10. The molecule has 184 valence electrons. The molecule has 1 aromatic carbocycles. The zero-order valence-corrected chi connectivity index (χ0v) is 19.8. The number of aromatic nitrogens is 4. The van der Waals surface area contributed by atoms with Crippen LogP contribution in [0.4, 0.5) is 22.0 Å². The van der Waals surface area contributed by atoms with Gasteiger partial charge in [0.2, 0.25) is 5.95 Å². The van der Waals surface area contributed by atoms with E-state index < -0.39 is 33.3 Å². The van der Waals surface area contributed by atoms with Gasteiger partial charge in [-0.2, -0.15) is 15.2 Å². The highest BCUT2D eigenvalue weighted by atomic mass is 32.2. The number of fused-ring (bicyclic) bond motifs is 1. The van der Waals surface area contributed by atoms with Crippen molar-refractivity contribution in [3.8, 4) is 6.07 Å². The summed E-state index contributed by atoms with van der Waals surface area (Å²) in [6.45, 7) is 0. The zero-order valence-electron chi connectivity index (χ0n) is 19.0. The average Bonchev–Trinajstić information content (AvgIpc) is 3.57. The van der Waals surface area contributed by atoms with Crippen LogP contribution in [0.25, 0.3) is 10.9 Å². The molecule has 3 aromatic rings. The van der Waals surface area contributed by atoms with Crippen molar-refractivity contribution in [2.75, 3.05) is 23.0 Å². The van der Waals surface area contributed by atoms with Gasteiger partial charge in [-0.3, -0.25) is 9.36 Å². The van der Waals surface area contributed by atoms with E-state index in [2.05, 4.69) is 20.3 Å². The Hall–Kier alpha value is -4.31. The van der Waals surface area contributed by atoms with Crippen molar-refractivity contribution in [3.05, 3.63) is 64.0 Å². The molecule has 36 heavy (non-hydrogen) atoms. The van der Waals surface area contributed by atoms with Crippen LogP contribution in [-0.4, -0.2) is 34.2 Å². The van der Waals surface area contributed by atoms with E-state index in [0.717, 1.165) is 23.7 Å². The largest absolute Gasteiger partial charge is 0.382 e. The number of sulfone groups is 1. The lowest BCUT2D eigenvalue weighted by molar-refractivity contribution is 0.470. The summed E-state index contributed by atoms with van der Waals surface area (Å²) < 4.78 is 40.9. The first-order valence-electron chi connectivity index (χ1n) is 11.0. The van der Waals surface area contributed by atoms with E-state index in [1.54, 1.807) is 0 Å². The van der Waals surface area contributed by atoms with Crippen LogP contribution in [0.15, 0.2) is 51.9 Å². The molecule has 13 heteroatoms. The molecule has 0 radical (unpaired) electrons. The monoisotopic (exact) mass is 508 g/mol. The number of nitrogens with zero attached hydrogens (tertiary/aromatic N) is 5. The van der Waals surface area contributed by atoms with E-state index in [9.17, 15) is 22.9 Å². The Balaban J connectivity index is 1.79. The van der Waals surface area contributed by atoms with E-state index in [0.29, 0.717) is 0 Å². The topological polar surface area (TPSA) is 183 Å². The van der Waals surface area contributed by atoms with E-state index in [4.69, 9.17) is 11.5 Å². The van der Waals surface area contributed by atoms with Gasteiger partial charge < -0.3 is 16.8 Å². The van der Waals surface area contributed by atoms with Gasteiger partial charge in [-0.05, 0) is 37.0 Å². The molecule has 1 fully saturated rings. The van der Waals surface area contributed by atoms with Gasteiger partial charge in [0.05, 0.1) is 21.8 Å². The van der Waals surface area contributed by atoms with Gasteiger partial charge in [-0.15, -0.1) is 0 Å². The molecular weight excluding hydrogens is 487 g/mol. The van der Waals surface area contributed by atoms with Crippen LogP contribution in [-0.2, 0) is 9.84 Å². The van der Waals surface area contributed by atoms with E-state index in [1.807, 2.05) is 6.07 Å². The normalized spacial score (nSPS) is 18.1. The van der Waals surface area contributed by atoms with Crippen molar-refractivity contribution in [1.29, 1.82) is 5.26 Å². The van der Waals surface area contributed by atoms with Crippen LogP contribution in [0, 0.1) is 17.2 Å². The minimum atomic E-state index is -3.79. The number of nitriles is 1. The van der Waals surface area contributed by atoms with Crippen LogP contribution in [0.1, 0.15) is 36.3 Å². The molecule has 2 atom stereocenters. The SMILES string of the molecule is CS(=O)(=O)c1cccc2nc(C(Nc3nc(N)nc(N)c3C#N)C3CC3)n(C3C=CC=C3F)c(=O)c12. The third-order valence-electron chi connectivity index (χ3n) is 6.16. The fourth-order valence-electron chi connectivity index (χ4n) is 4.36.